The molecule has 0 bridgehead atoms. The monoisotopic (exact) mass is 356 g/mol. The van der Waals surface area contributed by atoms with Gasteiger partial charge in [-0.3, -0.25) is 4.79 Å². The smallest absolute Gasteiger partial charge is 0.150 e. The molecule has 2 nitrogen and oxygen atoms in total. The van der Waals surface area contributed by atoms with Crippen molar-refractivity contribution in [1.29, 1.82) is 0 Å². The summed E-state index contributed by atoms with van der Waals surface area (Å²) in [5.74, 6) is 0.401. The summed E-state index contributed by atoms with van der Waals surface area (Å²) < 4.78 is 0. The highest BCUT2D eigenvalue weighted by molar-refractivity contribution is 7.48. The Morgan fingerprint density at radius 2 is 1.68 bits per heavy atom. The molecule has 2 aromatic rings. The van der Waals surface area contributed by atoms with Crippen molar-refractivity contribution in [1.82, 2.24) is 0 Å². The maximum Gasteiger partial charge on any atom is 0.150 e. The molecule has 0 saturated carbocycles. The predicted molar refractivity (Wildman–Crippen MR) is 109 cm³/mol. The van der Waals surface area contributed by atoms with E-state index in [0.29, 0.717) is 14.3 Å². The van der Waals surface area contributed by atoms with Gasteiger partial charge in [-0.25, -0.2) is 0 Å². The first-order valence-electron chi connectivity index (χ1n) is 8.79. The van der Waals surface area contributed by atoms with Crippen LogP contribution in [-0.2, 0) is 10.6 Å². The first kappa shape index (κ1) is 19.7. The van der Waals surface area contributed by atoms with Crippen LogP contribution in [-0.4, -0.2) is 11.4 Å². The van der Waals surface area contributed by atoms with Gasteiger partial charge in [-0.2, -0.15) is 0 Å². The third kappa shape index (κ3) is 4.12. The van der Waals surface area contributed by atoms with E-state index in [1.165, 1.54) is 0 Å². The van der Waals surface area contributed by atoms with E-state index in [-0.39, 0.29) is 10.6 Å². The lowest BCUT2D eigenvalue weighted by Crippen LogP contribution is -2.22. The topological polar surface area (TPSA) is 37.3 Å². The number of phenolic OH excluding ortho intramolecular Hbond substituents is 1. The van der Waals surface area contributed by atoms with Crippen LogP contribution in [0.1, 0.15) is 68.1 Å². The van der Waals surface area contributed by atoms with Crippen molar-refractivity contribution in [2.24, 2.45) is 0 Å². The van der Waals surface area contributed by atoms with E-state index in [1.54, 1.807) is 0 Å². The van der Waals surface area contributed by atoms with Crippen molar-refractivity contribution >= 4 is 20.2 Å². The Morgan fingerprint density at radius 3 is 2.24 bits per heavy atom. The van der Waals surface area contributed by atoms with E-state index in [9.17, 15) is 9.90 Å². The molecule has 0 radical (unpaired) electrons. The summed E-state index contributed by atoms with van der Waals surface area (Å²) in [4.78, 5) is 11.4. The minimum absolute atomic E-state index is 0.122. The number of phenols is 1. The largest absolute Gasteiger partial charge is 0.507 e. The summed E-state index contributed by atoms with van der Waals surface area (Å²) in [5.41, 5.74) is 3.74. The Balaban J connectivity index is 2.60. The Morgan fingerprint density at radius 1 is 1.08 bits per heavy atom. The van der Waals surface area contributed by atoms with Gasteiger partial charge in [0.2, 0.25) is 0 Å². The molecule has 2 rings (SSSR count). The van der Waals surface area contributed by atoms with Crippen molar-refractivity contribution in [3.05, 3.63) is 58.7 Å². The normalized spacial score (nSPS) is 14.6. The zero-order chi connectivity index (χ0) is 18.8. The molecule has 25 heavy (non-hydrogen) atoms. The second kappa shape index (κ2) is 7.30. The second-order valence-corrected chi connectivity index (χ2v) is 9.87. The standard InChI is InChI=1S/C22H29O2P/c1-7-22(6,25-19-11-9-8-10-16(19)14-23)18-13-15(2)12-17(20(18)24)21(3,4)5/h8-14,24-25H,7H2,1-6H3. The number of carbonyl (C=O) groups is 1. The van der Waals surface area contributed by atoms with E-state index < -0.39 is 0 Å². The van der Waals surface area contributed by atoms with E-state index in [4.69, 9.17) is 0 Å². The van der Waals surface area contributed by atoms with Crippen LogP contribution in [0.4, 0.5) is 0 Å². The van der Waals surface area contributed by atoms with Gasteiger partial charge < -0.3 is 5.11 Å². The summed E-state index contributed by atoms with van der Waals surface area (Å²) in [6, 6.07) is 11.9. The number of hydrogen-bond acceptors (Lipinski definition) is 2. The summed E-state index contributed by atoms with van der Waals surface area (Å²) in [6.07, 6.45) is 1.81. The molecule has 0 aliphatic carbocycles. The third-order valence-corrected chi connectivity index (χ3v) is 6.76. The highest BCUT2D eigenvalue weighted by Crippen LogP contribution is 2.49. The van der Waals surface area contributed by atoms with Crippen LogP contribution in [0.5, 0.6) is 5.75 Å². The Kier molecular flexibility index (Phi) is 5.74. The predicted octanol–water partition coefficient (Wildman–Crippen LogP) is 5.44. The average molecular weight is 356 g/mol. The molecule has 0 saturated heterocycles. The summed E-state index contributed by atoms with van der Waals surface area (Å²) in [7, 11) is 0.413. The van der Waals surface area contributed by atoms with Crippen molar-refractivity contribution in [2.45, 2.75) is 58.5 Å². The van der Waals surface area contributed by atoms with Crippen LogP contribution >= 0.6 is 8.58 Å². The fourth-order valence-electron chi connectivity index (χ4n) is 3.13. The Labute approximate surface area is 153 Å². The van der Waals surface area contributed by atoms with Crippen molar-refractivity contribution in [3.63, 3.8) is 0 Å². The summed E-state index contributed by atoms with van der Waals surface area (Å²) in [5, 5.41) is 11.9. The Bertz CT molecular complexity index is 774. The lowest BCUT2D eigenvalue weighted by molar-refractivity contribution is 0.112. The SMILES string of the molecule is CCC(C)(Pc1ccccc1C=O)c1cc(C)cc(C(C)(C)C)c1O. The van der Waals surface area contributed by atoms with Crippen LogP contribution in [0.3, 0.4) is 0 Å². The highest BCUT2D eigenvalue weighted by Gasteiger charge is 2.32. The average Bonchev–Trinajstić information content (AvgIpc) is 2.56. The first-order chi connectivity index (χ1) is 11.6. The molecule has 3 heteroatoms. The molecule has 0 spiro atoms. The van der Waals surface area contributed by atoms with Crippen LogP contribution in [0.15, 0.2) is 36.4 Å². The van der Waals surface area contributed by atoms with Gasteiger partial charge in [-0.15, -0.1) is 0 Å². The van der Waals surface area contributed by atoms with Crippen LogP contribution in [0.25, 0.3) is 0 Å². The van der Waals surface area contributed by atoms with Crippen molar-refractivity contribution < 1.29 is 9.90 Å². The van der Waals surface area contributed by atoms with Gasteiger partial charge in [0.05, 0.1) is 0 Å². The molecule has 2 unspecified atom stereocenters. The maximum atomic E-state index is 11.4. The molecule has 0 heterocycles. The molecule has 134 valence electrons. The molecule has 0 aromatic heterocycles. The minimum atomic E-state index is -0.213. The Hall–Kier alpha value is -1.66. The zero-order valence-corrected chi connectivity index (χ0v) is 17.1. The lowest BCUT2D eigenvalue weighted by Gasteiger charge is -2.33. The second-order valence-electron chi connectivity index (χ2n) is 7.97. The fraction of sp³-hybridized carbons (Fsp3) is 0.409. The van der Waals surface area contributed by atoms with Crippen LogP contribution in [0, 0.1) is 6.92 Å². The minimum Gasteiger partial charge on any atom is -0.507 e. The summed E-state index contributed by atoms with van der Waals surface area (Å²) in [6.45, 7) is 12.8. The zero-order valence-electron chi connectivity index (χ0n) is 16.1. The molecule has 0 aliphatic rings. The highest BCUT2D eigenvalue weighted by atomic mass is 31.1. The number of aromatic hydroxyl groups is 1. The molecule has 0 fully saturated rings. The van der Waals surface area contributed by atoms with Crippen LogP contribution < -0.4 is 5.30 Å². The van der Waals surface area contributed by atoms with Gasteiger partial charge >= 0.3 is 0 Å². The van der Waals surface area contributed by atoms with E-state index in [0.717, 1.165) is 40.3 Å². The van der Waals surface area contributed by atoms with Crippen molar-refractivity contribution in [2.75, 3.05) is 0 Å². The molecular formula is C22H29O2P. The lowest BCUT2D eigenvalue weighted by atomic mass is 9.82. The first-order valence-corrected chi connectivity index (χ1v) is 9.79. The molecule has 1 N–H and O–H groups in total. The maximum absolute atomic E-state index is 11.4. The number of carbonyl (C=O) groups excluding carboxylic acids is 1. The third-order valence-electron chi connectivity index (χ3n) is 4.86. The number of aryl methyl sites for hydroxylation is 1. The van der Waals surface area contributed by atoms with Gasteiger partial charge in [0.25, 0.3) is 0 Å². The molecule has 0 aliphatic heterocycles. The molecular weight excluding hydrogens is 327 g/mol. The van der Waals surface area contributed by atoms with E-state index in [2.05, 4.69) is 53.7 Å². The quantitative estimate of drug-likeness (QED) is 0.572. The molecule has 0 amide bonds. The van der Waals surface area contributed by atoms with Gasteiger partial charge in [0.15, 0.2) is 6.29 Å². The van der Waals surface area contributed by atoms with Crippen LogP contribution in [0.2, 0.25) is 0 Å². The van der Waals surface area contributed by atoms with E-state index >= 15 is 0 Å². The van der Waals surface area contributed by atoms with Gasteiger partial charge in [0.1, 0.15) is 5.75 Å². The number of benzene rings is 2. The molecule has 2 atom stereocenters. The summed E-state index contributed by atoms with van der Waals surface area (Å²) >= 11 is 0. The van der Waals surface area contributed by atoms with Gasteiger partial charge in [0, 0.05) is 16.3 Å². The number of aldehydes is 1. The molecule has 2 aromatic carbocycles. The van der Waals surface area contributed by atoms with Gasteiger partial charge in [-0.05, 0) is 29.6 Å². The number of hydrogen-bond donors (Lipinski definition) is 1. The van der Waals surface area contributed by atoms with E-state index in [1.807, 2.05) is 24.3 Å². The van der Waals surface area contributed by atoms with Gasteiger partial charge in [-0.1, -0.05) is 85.2 Å². The number of rotatable bonds is 5. The van der Waals surface area contributed by atoms with Crippen molar-refractivity contribution in [3.8, 4) is 5.75 Å². The fourth-order valence-corrected chi connectivity index (χ4v) is 4.69.